The van der Waals surface area contributed by atoms with Crippen LogP contribution in [0.1, 0.15) is 28.9 Å². The van der Waals surface area contributed by atoms with Crippen LogP contribution in [0.3, 0.4) is 0 Å². The SMILES string of the molecule is O=C(Cc1cscn1)NC1CC(NC(=O)c2cccc3c2OCO3)C1. The van der Waals surface area contributed by atoms with Gasteiger partial charge in [-0.3, -0.25) is 9.59 Å². The van der Waals surface area contributed by atoms with Gasteiger partial charge in [0.2, 0.25) is 12.7 Å². The van der Waals surface area contributed by atoms with Crippen LogP contribution >= 0.6 is 11.3 Å². The highest BCUT2D eigenvalue weighted by atomic mass is 32.1. The Kier molecular flexibility index (Phi) is 4.27. The molecule has 1 saturated carbocycles. The van der Waals surface area contributed by atoms with E-state index in [2.05, 4.69) is 15.6 Å². The molecule has 25 heavy (non-hydrogen) atoms. The number of carbonyl (C=O) groups excluding carboxylic acids is 2. The van der Waals surface area contributed by atoms with Gasteiger partial charge in [-0.1, -0.05) is 6.07 Å². The quantitative estimate of drug-likeness (QED) is 0.844. The topological polar surface area (TPSA) is 89.6 Å². The zero-order chi connectivity index (χ0) is 17.2. The molecule has 1 fully saturated rings. The molecule has 0 atom stereocenters. The van der Waals surface area contributed by atoms with Gasteiger partial charge in [0, 0.05) is 17.5 Å². The molecule has 1 aliphatic heterocycles. The van der Waals surface area contributed by atoms with Gasteiger partial charge in [-0.05, 0) is 25.0 Å². The minimum absolute atomic E-state index is 0.0351. The maximum atomic E-state index is 12.4. The first-order chi connectivity index (χ1) is 12.2. The van der Waals surface area contributed by atoms with Gasteiger partial charge in [-0.15, -0.1) is 11.3 Å². The van der Waals surface area contributed by atoms with E-state index in [9.17, 15) is 9.59 Å². The van der Waals surface area contributed by atoms with E-state index in [1.807, 2.05) is 5.38 Å². The second-order valence-corrected chi connectivity index (χ2v) is 6.82. The van der Waals surface area contributed by atoms with Crippen molar-refractivity contribution in [1.82, 2.24) is 15.6 Å². The lowest BCUT2D eigenvalue weighted by atomic mass is 9.86. The monoisotopic (exact) mass is 359 g/mol. The number of hydrogen-bond acceptors (Lipinski definition) is 6. The molecule has 8 heteroatoms. The van der Waals surface area contributed by atoms with Crippen LogP contribution in [0.2, 0.25) is 0 Å². The van der Waals surface area contributed by atoms with Crippen molar-refractivity contribution in [2.24, 2.45) is 0 Å². The highest BCUT2D eigenvalue weighted by Crippen LogP contribution is 2.35. The van der Waals surface area contributed by atoms with Crippen LogP contribution in [0.5, 0.6) is 11.5 Å². The van der Waals surface area contributed by atoms with E-state index in [-0.39, 0.29) is 30.7 Å². The second-order valence-electron chi connectivity index (χ2n) is 6.10. The van der Waals surface area contributed by atoms with Crippen molar-refractivity contribution in [1.29, 1.82) is 0 Å². The molecule has 0 bridgehead atoms. The van der Waals surface area contributed by atoms with Crippen LogP contribution in [-0.2, 0) is 11.2 Å². The standard InChI is InChI=1S/C17H17N3O4S/c21-15(6-12-7-25-8-18-12)19-10-4-11(5-10)20-17(22)13-2-1-3-14-16(13)24-9-23-14/h1-3,7-8,10-11H,4-6,9H2,(H,19,21)(H,20,22). The molecule has 1 aromatic heterocycles. The Balaban J connectivity index is 1.25. The molecule has 1 aliphatic carbocycles. The lowest BCUT2D eigenvalue weighted by Gasteiger charge is -2.36. The van der Waals surface area contributed by atoms with Crippen LogP contribution in [-0.4, -0.2) is 35.7 Å². The molecule has 2 aliphatic rings. The molecule has 2 aromatic rings. The van der Waals surface area contributed by atoms with E-state index < -0.39 is 0 Å². The number of amides is 2. The Morgan fingerprint density at radius 1 is 1.20 bits per heavy atom. The van der Waals surface area contributed by atoms with E-state index in [0.717, 1.165) is 18.5 Å². The Morgan fingerprint density at radius 3 is 2.84 bits per heavy atom. The van der Waals surface area contributed by atoms with Gasteiger partial charge in [0.05, 0.1) is 23.2 Å². The molecule has 130 valence electrons. The first-order valence-corrected chi connectivity index (χ1v) is 8.99. The lowest BCUT2D eigenvalue weighted by molar-refractivity contribution is -0.121. The van der Waals surface area contributed by atoms with E-state index in [1.165, 1.54) is 11.3 Å². The van der Waals surface area contributed by atoms with E-state index in [0.29, 0.717) is 23.5 Å². The maximum Gasteiger partial charge on any atom is 0.255 e. The molecule has 0 unspecified atom stereocenters. The van der Waals surface area contributed by atoms with Gasteiger partial charge in [-0.25, -0.2) is 4.98 Å². The number of rotatable bonds is 5. The van der Waals surface area contributed by atoms with E-state index >= 15 is 0 Å². The molecule has 0 saturated heterocycles. The summed E-state index contributed by atoms with van der Waals surface area (Å²) >= 11 is 1.48. The zero-order valence-electron chi connectivity index (χ0n) is 13.4. The van der Waals surface area contributed by atoms with Gasteiger partial charge in [-0.2, -0.15) is 0 Å². The number of ether oxygens (including phenoxy) is 2. The Hall–Kier alpha value is -2.61. The van der Waals surface area contributed by atoms with Gasteiger partial charge in [0.15, 0.2) is 11.5 Å². The fourth-order valence-electron chi connectivity index (χ4n) is 2.99. The Morgan fingerprint density at radius 2 is 2.04 bits per heavy atom. The van der Waals surface area contributed by atoms with Gasteiger partial charge in [0.1, 0.15) is 0 Å². The average Bonchev–Trinajstić information content (AvgIpc) is 3.23. The molecule has 2 N–H and O–H groups in total. The molecule has 2 amide bonds. The van der Waals surface area contributed by atoms with Gasteiger partial charge >= 0.3 is 0 Å². The van der Waals surface area contributed by atoms with Crippen molar-refractivity contribution in [2.75, 3.05) is 6.79 Å². The third-order valence-corrected chi connectivity index (χ3v) is 4.94. The van der Waals surface area contributed by atoms with Gasteiger partial charge < -0.3 is 20.1 Å². The van der Waals surface area contributed by atoms with Crippen molar-refractivity contribution in [3.05, 3.63) is 40.3 Å². The Bertz CT molecular complexity index is 787. The number of fused-ring (bicyclic) bond motifs is 1. The summed E-state index contributed by atoms with van der Waals surface area (Å²) in [6, 6.07) is 5.41. The maximum absolute atomic E-state index is 12.4. The summed E-state index contributed by atoms with van der Waals surface area (Å²) in [5.41, 5.74) is 2.98. The molecule has 7 nitrogen and oxygen atoms in total. The molecule has 0 spiro atoms. The number of nitrogens with zero attached hydrogens (tertiary/aromatic N) is 1. The molecular weight excluding hydrogens is 342 g/mol. The Labute approximate surface area is 148 Å². The number of hydrogen-bond donors (Lipinski definition) is 2. The molecule has 0 radical (unpaired) electrons. The van der Waals surface area contributed by atoms with Gasteiger partial charge in [0.25, 0.3) is 5.91 Å². The van der Waals surface area contributed by atoms with Crippen LogP contribution < -0.4 is 20.1 Å². The summed E-state index contributed by atoms with van der Waals surface area (Å²) in [6.07, 6.45) is 1.74. The average molecular weight is 359 g/mol. The lowest BCUT2D eigenvalue weighted by Crippen LogP contribution is -2.54. The van der Waals surface area contributed by atoms with Crippen molar-refractivity contribution < 1.29 is 19.1 Å². The smallest absolute Gasteiger partial charge is 0.255 e. The van der Waals surface area contributed by atoms with Crippen LogP contribution in [0.25, 0.3) is 0 Å². The zero-order valence-corrected chi connectivity index (χ0v) is 14.2. The number of nitrogens with one attached hydrogen (secondary N) is 2. The number of benzene rings is 1. The normalized spacial score (nSPS) is 20.6. The first-order valence-electron chi connectivity index (χ1n) is 8.05. The van der Waals surface area contributed by atoms with E-state index in [1.54, 1.807) is 23.7 Å². The van der Waals surface area contributed by atoms with Crippen LogP contribution in [0.15, 0.2) is 29.1 Å². The summed E-state index contributed by atoms with van der Waals surface area (Å²) in [4.78, 5) is 28.4. The molecular formula is C17H17N3O4S. The largest absolute Gasteiger partial charge is 0.454 e. The number of para-hydroxylation sites is 1. The number of carbonyl (C=O) groups is 2. The molecule has 4 rings (SSSR count). The fourth-order valence-corrected chi connectivity index (χ4v) is 3.55. The molecule has 1 aromatic carbocycles. The fraction of sp³-hybridized carbons (Fsp3) is 0.353. The summed E-state index contributed by atoms with van der Waals surface area (Å²) in [7, 11) is 0. The summed E-state index contributed by atoms with van der Waals surface area (Å²) in [6.45, 7) is 0.135. The van der Waals surface area contributed by atoms with Crippen molar-refractivity contribution >= 4 is 23.2 Å². The van der Waals surface area contributed by atoms with Crippen molar-refractivity contribution in [2.45, 2.75) is 31.3 Å². The highest BCUT2D eigenvalue weighted by Gasteiger charge is 2.32. The van der Waals surface area contributed by atoms with Crippen molar-refractivity contribution in [3.8, 4) is 11.5 Å². The van der Waals surface area contributed by atoms with E-state index in [4.69, 9.17) is 9.47 Å². The van der Waals surface area contributed by atoms with Crippen molar-refractivity contribution in [3.63, 3.8) is 0 Å². The predicted molar refractivity (Wildman–Crippen MR) is 90.8 cm³/mol. The minimum atomic E-state index is -0.181. The summed E-state index contributed by atoms with van der Waals surface area (Å²) < 4.78 is 10.6. The predicted octanol–water partition coefficient (Wildman–Crippen LogP) is 1.49. The minimum Gasteiger partial charge on any atom is -0.454 e. The second kappa shape index (κ2) is 6.72. The third-order valence-electron chi connectivity index (χ3n) is 4.30. The third kappa shape index (κ3) is 3.43. The van der Waals surface area contributed by atoms with Crippen LogP contribution in [0, 0.1) is 0 Å². The molecule has 2 heterocycles. The van der Waals surface area contributed by atoms with Crippen LogP contribution in [0.4, 0.5) is 0 Å². The summed E-state index contributed by atoms with van der Waals surface area (Å²) in [5.74, 6) is 0.868. The first kappa shape index (κ1) is 15.9. The summed E-state index contributed by atoms with van der Waals surface area (Å²) in [5, 5.41) is 7.81. The number of thiazole rings is 1. The number of aromatic nitrogens is 1. The highest BCUT2D eigenvalue weighted by molar-refractivity contribution is 7.07.